The summed E-state index contributed by atoms with van der Waals surface area (Å²) in [6.07, 6.45) is 7.74. The van der Waals surface area contributed by atoms with Crippen molar-refractivity contribution < 1.29 is 0 Å². The highest BCUT2D eigenvalue weighted by molar-refractivity contribution is 4.96. The van der Waals surface area contributed by atoms with E-state index < -0.39 is 0 Å². The van der Waals surface area contributed by atoms with E-state index >= 15 is 0 Å². The fourth-order valence-electron chi connectivity index (χ4n) is 2.75. The lowest BCUT2D eigenvalue weighted by Crippen LogP contribution is -2.28. The first-order valence-electron chi connectivity index (χ1n) is 6.18. The molecule has 1 heterocycles. The zero-order chi connectivity index (χ0) is 11.4. The smallest absolute Gasteiger partial charge is 0.250 e. The third kappa shape index (κ3) is 2.53. The Balaban J connectivity index is 2.10. The Hall–Kier alpha value is -1.09. The summed E-state index contributed by atoms with van der Waals surface area (Å²) in [5.41, 5.74) is 5.73. The minimum absolute atomic E-state index is 0.126. The van der Waals surface area contributed by atoms with E-state index in [9.17, 15) is 4.79 Å². The predicted molar refractivity (Wildman–Crippen MR) is 65.4 cm³/mol. The lowest BCUT2D eigenvalue weighted by Gasteiger charge is -2.30. The lowest BCUT2D eigenvalue weighted by atomic mass is 9.83. The Labute approximate surface area is 96.3 Å². The van der Waals surface area contributed by atoms with Crippen LogP contribution in [-0.4, -0.2) is 11.1 Å². The van der Waals surface area contributed by atoms with Gasteiger partial charge >= 0.3 is 0 Å². The van der Waals surface area contributed by atoms with Crippen LogP contribution < -0.4 is 11.3 Å². The van der Waals surface area contributed by atoms with Crippen molar-refractivity contribution in [2.24, 2.45) is 11.7 Å². The van der Waals surface area contributed by atoms with Crippen LogP contribution in [0.25, 0.3) is 0 Å². The van der Waals surface area contributed by atoms with Gasteiger partial charge in [0.05, 0.1) is 0 Å². The molecule has 0 spiro atoms. The second-order valence-corrected chi connectivity index (χ2v) is 4.71. The average Bonchev–Trinajstić information content (AvgIpc) is 2.30. The third-order valence-corrected chi connectivity index (χ3v) is 3.57. The van der Waals surface area contributed by atoms with Gasteiger partial charge in [0.25, 0.3) is 5.56 Å². The Morgan fingerprint density at radius 2 is 2.25 bits per heavy atom. The van der Waals surface area contributed by atoms with Crippen molar-refractivity contribution in [3.05, 3.63) is 34.7 Å². The second kappa shape index (κ2) is 5.30. The predicted octanol–water partition coefficient (Wildman–Crippen LogP) is 1.93. The second-order valence-electron chi connectivity index (χ2n) is 4.71. The molecule has 1 fully saturated rings. The fourth-order valence-corrected chi connectivity index (χ4v) is 2.75. The van der Waals surface area contributed by atoms with Crippen LogP contribution in [0.3, 0.4) is 0 Å². The van der Waals surface area contributed by atoms with Gasteiger partial charge in [0.2, 0.25) is 0 Å². The van der Waals surface area contributed by atoms with Crippen LogP contribution in [0.2, 0.25) is 0 Å². The van der Waals surface area contributed by atoms with Gasteiger partial charge in [-0.2, -0.15) is 0 Å². The van der Waals surface area contributed by atoms with Crippen LogP contribution in [0.1, 0.15) is 38.1 Å². The molecule has 0 amide bonds. The van der Waals surface area contributed by atoms with Crippen LogP contribution in [0, 0.1) is 5.92 Å². The summed E-state index contributed by atoms with van der Waals surface area (Å²) in [6.45, 7) is 0.765. The molecule has 1 aliphatic carbocycles. The molecule has 0 saturated heterocycles. The maximum atomic E-state index is 11.7. The van der Waals surface area contributed by atoms with Gasteiger partial charge in [0, 0.05) is 18.3 Å². The number of nitrogens with two attached hydrogens (primary N) is 1. The number of nitrogens with zero attached hydrogens (tertiary/aromatic N) is 1. The topological polar surface area (TPSA) is 48.0 Å². The van der Waals surface area contributed by atoms with E-state index in [4.69, 9.17) is 5.73 Å². The summed E-state index contributed by atoms with van der Waals surface area (Å²) in [4.78, 5) is 11.7. The highest BCUT2D eigenvalue weighted by atomic mass is 16.1. The van der Waals surface area contributed by atoms with Gasteiger partial charge in [-0.3, -0.25) is 4.79 Å². The van der Waals surface area contributed by atoms with Crippen LogP contribution in [-0.2, 0) is 0 Å². The molecule has 2 atom stereocenters. The van der Waals surface area contributed by atoms with E-state index in [0.29, 0.717) is 12.0 Å². The summed E-state index contributed by atoms with van der Waals surface area (Å²) < 4.78 is 1.89. The number of rotatable bonds is 3. The summed E-state index contributed by atoms with van der Waals surface area (Å²) >= 11 is 0. The van der Waals surface area contributed by atoms with Crippen LogP contribution in [0.5, 0.6) is 0 Å². The summed E-state index contributed by atoms with van der Waals surface area (Å²) in [6, 6.07) is 5.78. The number of pyridine rings is 1. The number of aromatic nitrogens is 1. The molecule has 16 heavy (non-hydrogen) atoms. The highest BCUT2D eigenvalue weighted by Crippen LogP contribution is 2.33. The minimum atomic E-state index is 0.126. The molecule has 0 radical (unpaired) electrons. The molecule has 1 aromatic rings. The van der Waals surface area contributed by atoms with Gasteiger partial charge < -0.3 is 10.3 Å². The molecule has 1 aliphatic rings. The normalized spacial score (nSPS) is 25.6. The molecule has 3 nitrogen and oxygen atoms in total. The van der Waals surface area contributed by atoms with E-state index in [1.807, 2.05) is 16.8 Å². The molecule has 1 saturated carbocycles. The van der Waals surface area contributed by atoms with Crippen LogP contribution in [0.15, 0.2) is 29.2 Å². The Morgan fingerprint density at radius 3 is 3.00 bits per heavy atom. The van der Waals surface area contributed by atoms with E-state index in [2.05, 4.69) is 0 Å². The largest absolute Gasteiger partial charge is 0.330 e. The van der Waals surface area contributed by atoms with Gasteiger partial charge in [-0.25, -0.2) is 0 Å². The van der Waals surface area contributed by atoms with Crippen molar-refractivity contribution in [3.8, 4) is 0 Å². The molecule has 0 bridgehead atoms. The van der Waals surface area contributed by atoms with Crippen molar-refractivity contribution in [1.29, 1.82) is 0 Å². The van der Waals surface area contributed by atoms with Crippen molar-refractivity contribution >= 4 is 0 Å². The molecule has 88 valence electrons. The molecular weight excluding hydrogens is 200 g/mol. The van der Waals surface area contributed by atoms with E-state index in [0.717, 1.165) is 25.8 Å². The van der Waals surface area contributed by atoms with Crippen molar-refractivity contribution in [2.75, 3.05) is 6.54 Å². The van der Waals surface area contributed by atoms with E-state index in [1.54, 1.807) is 12.1 Å². The quantitative estimate of drug-likeness (QED) is 0.846. The standard InChI is InChI=1S/C13H20N2O/c14-8-7-11-4-3-5-12(10-11)15-9-2-1-6-13(15)16/h1-2,6,9,11-12H,3-5,7-8,10,14H2. The number of hydrogen-bond acceptors (Lipinski definition) is 2. The summed E-state index contributed by atoms with van der Waals surface area (Å²) in [7, 11) is 0. The molecule has 2 unspecified atom stereocenters. The first kappa shape index (κ1) is 11.4. The molecule has 2 N–H and O–H groups in total. The summed E-state index contributed by atoms with van der Waals surface area (Å²) in [5, 5.41) is 0. The zero-order valence-electron chi connectivity index (χ0n) is 9.64. The summed E-state index contributed by atoms with van der Waals surface area (Å²) in [5.74, 6) is 0.704. The van der Waals surface area contributed by atoms with Gasteiger partial charge in [-0.05, 0) is 37.8 Å². The third-order valence-electron chi connectivity index (χ3n) is 3.57. The fraction of sp³-hybridized carbons (Fsp3) is 0.615. The maximum Gasteiger partial charge on any atom is 0.250 e. The SMILES string of the molecule is NCCC1CCCC(n2ccccc2=O)C1. The Morgan fingerprint density at radius 1 is 1.38 bits per heavy atom. The van der Waals surface area contributed by atoms with Gasteiger partial charge in [-0.1, -0.05) is 18.9 Å². The number of hydrogen-bond donors (Lipinski definition) is 1. The van der Waals surface area contributed by atoms with Crippen LogP contribution in [0.4, 0.5) is 0 Å². The van der Waals surface area contributed by atoms with Crippen molar-refractivity contribution in [3.63, 3.8) is 0 Å². The Bertz CT molecular complexity index is 384. The molecule has 0 aromatic carbocycles. The molecule has 1 aromatic heterocycles. The van der Waals surface area contributed by atoms with Gasteiger partial charge in [-0.15, -0.1) is 0 Å². The molecule has 2 rings (SSSR count). The molecular formula is C13H20N2O. The van der Waals surface area contributed by atoms with Crippen molar-refractivity contribution in [1.82, 2.24) is 4.57 Å². The van der Waals surface area contributed by atoms with E-state index in [-0.39, 0.29) is 5.56 Å². The molecule has 0 aliphatic heterocycles. The first-order valence-corrected chi connectivity index (χ1v) is 6.18. The lowest BCUT2D eigenvalue weighted by molar-refractivity contribution is 0.254. The van der Waals surface area contributed by atoms with Gasteiger partial charge in [0.1, 0.15) is 0 Å². The minimum Gasteiger partial charge on any atom is -0.330 e. The average molecular weight is 220 g/mol. The monoisotopic (exact) mass is 220 g/mol. The van der Waals surface area contributed by atoms with Gasteiger partial charge in [0.15, 0.2) is 0 Å². The Kier molecular flexibility index (Phi) is 3.78. The molecule has 3 heteroatoms. The first-order chi connectivity index (χ1) is 7.81. The van der Waals surface area contributed by atoms with Crippen molar-refractivity contribution in [2.45, 2.75) is 38.1 Å². The zero-order valence-corrected chi connectivity index (χ0v) is 9.64. The highest BCUT2D eigenvalue weighted by Gasteiger charge is 2.22. The van der Waals surface area contributed by atoms with Crippen LogP contribution >= 0.6 is 0 Å². The van der Waals surface area contributed by atoms with E-state index in [1.165, 1.54) is 12.8 Å². The maximum absolute atomic E-state index is 11.7.